The molecule has 1 heterocycles. The highest BCUT2D eigenvalue weighted by atomic mass is 16.4. The third kappa shape index (κ3) is 2.57. The van der Waals surface area contributed by atoms with Gasteiger partial charge in [-0.15, -0.1) is 0 Å². The van der Waals surface area contributed by atoms with E-state index in [1.807, 2.05) is 11.8 Å². The zero-order valence-electron chi connectivity index (χ0n) is 11.2. The van der Waals surface area contributed by atoms with E-state index in [1.165, 1.54) is 0 Å². The second-order valence-electron chi connectivity index (χ2n) is 5.21. The number of nitriles is 2. The van der Waals surface area contributed by atoms with Crippen LogP contribution in [-0.2, 0) is 4.79 Å². The normalized spacial score (nSPS) is 21.9. The molecule has 0 aromatic heterocycles. The van der Waals surface area contributed by atoms with Crippen LogP contribution in [-0.4, -0.2) is 24.2 Å². The van der Waals surface area contributed by atoms with Crippen molar-refractivity contribution in [3.8, 4) is 12.1 Å². The van der Waals surface area contributed by atoms with Crippen molar-refractivity contribution in [1.82, 2.24) is 0 Å². The van der Waals surface area contributed by atoms with Gasteiger partial charge in [-0.05, 0) is 24.5 Å². The van der Waals surface area contributed by atoms with Crippen LogP contribution in [0.15, 0.2) is 18.2 Å². The third-order valence-corrected chi connectivity index (χ3v) is 3.60. The minimum atomic E-state index is -0.825. The van der Waals surface area contributed by atoms with Gasteiger partial charge in [-0.3, -0.25) is 4.79 Å². The van der Waals surface area contributed by atoms with Gasteiger partial charge in [-0.1, -0.05) is 13.0 Å². The van der Waals surface area contributed by atoms with Gasteiger partial charge in [0.15, 0.2) is 0 Å². The number of aliphatic carboxylic acids is 1. The van der Waals surface area contributed by atoms with Crippen LogP contribution in [0.25, 0.3) is 0 Å². The zero-order valence-corrected chi connectivity index (χ0v) is 11.2. The molecular formula is C15H15N3O2. The average molecular weight is 269 g/mol. The van der Waals surface area contributed by atoms with Crippen molar-refractivity contribution in [2.75, 3.05) is 18.0 Å². The molecule has 5 nitrogen and oxygen atoms in total. The van der Waals surface area contributed by atoms with Crippen molar-refractivity contribution in [1.29, 1.82) is 10.5 Å². The van der Waals surface area contributed by atoms with Crippen molar-refractivity contribution >= 4 is 11.7 Å². The van der Waals surface area contributed by atoms with Gasteiger partial charge in [0.1, 0.15) is 12.1 Å². The number of carboxylic acids is 1. The summed E-state index contributed by atoms with van der Waals surface area (Å²) in [6.07, 6.45) is 0.627. The second kappa shape index (κ2) is 5.63. The number of para-hydroxylation sites is 1. The molecule has 1 fully saturated rings. The Hall–Kier alpha value is -2.53. The van der Waals surface area contributed by atoms with Gasteiger partial charge in [-0.25, -0.2) is 0 Å². The molecule has 0 bridgehead atoms. The molecule has 2 atom stereocenters. The van der Waals surface area contributed by atoms with Crippen molar-refractivity contribution in [3.63, 3.8) is 0 Å². The molecule has 5 heteroatoms. The maximum atomic E-state index is 11.2. The Kier molecular flexibility index (Phi) is 3.91. The maximum absolute atomic E-state index is 11.2. The van der Waals surface area contributed by atoms with Gasteiger partial charge >= 0.3 is 5.97 Å². The first-order valence-corrected chi connectivity index (χ1v) is 6.47. The SMILES string of the molecule is CC1CC(C(=O)O)CN(c2c(C#N)cccc2C#N)C1. The molecule has 102 valence electrons. The molecule has 0 radical (unpaired) electrons. The highest BCUT2D eigenvalue weighted by Crippen LogP contribution is 2.31. The first-order chi connectivity index (χ1) is 9.56. The summed E-state index contributed by atoms with van der Waals surface area (Å²) in [7, 11) is 0. The van der Waals surface area contributed by atoms with Crippen LogP contribution in [0.5, 0.6) is 0 Å². The summed E-state index contributed by atoms with van der Waals surface area (Å²) in [6.45, 7) is 2.99. The predicted molar refractivity (Wildman–Crippen MR) is 73.0 cm³/mol. The Labute approximate surface area is 117 Å². The Morgan fingerprint density at radius 1 is 1.30 bits per heavy atom. The fraction of sp³-hybridized carbons (Fsp3) is 0.400. The molecule has 1 aromatic rings. The number of rotatable bonds is 2. The summed E-state index contributed by atoms with van der Waals surface area (Å²) in [5.41, 5.74) is 1.40. The lowest BCUT2D eigenvalue weighted by Gasteiger charge is -2.37. The van der Waals surface area contributed by atoms with Crippen LogP contribution in [0.1, 0.15) is 24.5 Å². The Morgan fingerprint density at radius 2 is 1.90 bits per heavy atom. The van der Waals surface area contributed by atoms with Crippen LogP contribution < -0.4 is 4.90 Å². The van der Waals surface area contributed by atoms with E-state index in [4.69, 9.17) is 0 Å². The van der Waals surface area contributed by atoms with E-state index in [0.717, 1.165) is 0 Å². The van der Waals surface area contributed by atoms with Crippen LogP contribution >= 0.6 is 0 Å². The standard InChI is InChI=1S/C15H15N3O2/c1-10-5-13(15(19)20)9-18(8-10)14-11(6-16)3-2-4-12(14)7-17/h2-4,10,13H,5,8-9H2,1H3,(H,19,20). The lowest BCUT2D eigenvalue weighted by Crippen LogP contribution is -2.43. The lowest BCUT2D eigenvalue weighted by atomic mass is 9.89. The van der Waals surface area contributed by atoms with Crippen molar-refractivity contribution in [2.45, 2.75) is 13.3 Å². The van der Waals surface area contributed by atoms with Crippen molar-refractivity contribution in [2.24, 2.45) is 11.8 Å². The first-order valence-electron chi connectivity index (χ1n) is 6.47. The fourth-order valence-electron chi connectivity index (χ4n) is 2.78. The molecule has 1 N–H and O–H groups in total. The van der Waals surface area contributed by atoms with Gasteiger partial charge in [0.05, 0.1) is 22.7 Å². The van der Waals surface area contributed by atoms with Gasteiger partial charge in [-0.2, -0.15) is 10.5 Å². The van der Waals surface area contributed by atoms with Crippen LogP contribution in [0.2, 0.25) is 0 Å². The number of carbonyl (C=O) groups is 1. The maximum Gasteiger partial charge on any atom is 0.308 e. The first kappa shape index (κ1) is 13.9. The number of anilines is 1. The monoisotopic (exact) mass is 269 g/mol. The van der Waals surface area contributed by atoms with E-state index in [0.29, 0.717) is 36.3 Å². The summed E-state index contributed by atoms with van der Waals surface area (Å²) < 4.78 is 0. The zero-order chi connectivity index (χ0) is 14.7. The Bertz CT molecular complexity index is 580. The number of nitrogens with zero attached hydrogens (tertiary/aromatic N) is 3. The van der Waals surface area contributed by atoms with Gasteiger partial charge < -0.3 is 10.0 Å². The van der Waals surface area contributed by atoms with Gasteiger partial charge in [0, 0.05) is 13.1 Å². The van der Waals surface area contributed by atoms with Crippen LogP contribution in [0.3, 0.4) is 0 Å². The highest BCUT2D eigenvalue weighted by molar-refractivity contribution is 5.73. The molecule has 1 aliphatic rings. The smallest absolute Gasteiger partial charge is 0.308 e. The van der Waals surface area contributed by atoms with Crippen molar-refractivity contribution < 1.29 is 9.90 Å². The number of hydrogen-bond donors (Lipinski definition) is 1. The topological polar surface area (TPSA) is 88.1 Å². The highest BCUT2D eigenvalue weighted by Gasteiger charge is 2.31. The molecule has 2 unspecified atom stereocenters. The molecule has 0 aliphatic carbocycles. The van der Waals surface area contributed by atoms with E-state index in [-0.39, 0.29) is 5.92 Å². The van der Waals surface area contributed by atoms with E-state index < -0.39 is 11.9 Å². The third-order valence-electron chi connectivity index (χ3n) is 3.60. The summed E-state index contributed by atoms with van der Waals surface area (Å²) >= 11 is 0. The fourth-order valence-corrected chi connectivity index (χ4v) is 2.78. The van der Waals surface area contributed by atoms with Crippen LogP contribution in [0, 0.1) is 34.5 Å². The largest absolute Gasteiger partial charge is 0.481 e. The molecule has 1 saturated heterocycles. The summed E-state index contributed by atoms with van der Waals surface area (Å²) in [6, 6.07) is 9.16. The lowest BCUT2D eigenvalue weighted by molar-refractivity contribution is -0.142. The quantitative estimate of drug-likeness (QED) is 0.886. The summed E-state index contributed by atoms with van der Waals surface area (Å²) in [5, 5.41) is 27.6. The Morgan fingerprint density at radius 3 is 2.40 bits per heavy atom. The molecule has 1 aliphatic heterocycles. The molecule has 2 rings (SSSR count). The molecule has 1 aromatic carbocycles. The van der Waals surface area contributed by atoms with E-state index in [2.05, 4.69) is 12.1 Å². The molecular weight excluding hydrogens is 254 g/mol. The van der Waals surface area contributed by atoms with E-state index in [9.17, 15) is 20.4 Å². The predicted octanol–water partition coefficient (Wildman–Crippen LogP) is 1.98. The summed E-state index contributed by atoms with van der Waals surface area (Å²) in [5.74, 6) is -1.07. The molecule has 0 spiro atoms. The van der Waals surface area contributed by atoms with Gasteiger partial charge in [0.2, 0.25) is 0 Å². The molecule has 0 amide bonds. The Balaban J connectivity index is 2.43. The second-order valence-corrected chi connectivity index (χ2v) is 5.21. The van der Waals surface area contributed by atoms with Gasteiger partial charge in [0.25, 0.3) is 0 Å². The average Bonchev–Trinajstić information content (AvgIpc) is 2.45. The number of hydrogen-bond acceptors (Lipinski definition) is 4. The number of carboxylic acid groups (broad SMARTS) is 1. The minimum Gasteiger partial charge on any atom is -0.481 e. The van der Waals surface area contributed by atoms with Crippen LogP contribution in [0.4, 0.5) is 5.69 Å². The van der Waals surface area contributed by atoms with E-state index in [1.54, 1.807) is 18.2 Å². The van der Waals surface area contributed by atoms with Crippen molar-refractivity contribution in [3.05, 3.63) is 29.3 Å². The number of benzene rings is 1. The number of piperidine rings is 1. The summed E-state index contributed by atoms with van der Waals surface area (Å²) in [4.78, 5) is 13.1. The molecule has 20 heavy (non-hydrogen) atoms. The minimum absolute atomic E-state index is 0.211. The van der Waals surface area contributed by atoms with E-state index >= 15 is 0 Å². The molecule has 0 saturated carbocycles.